The highest BCUT2D eigenvalue weighted by atomic mass is 16.3. The number of benzene rings is 2. The second kappa shape index (κ2) is 9.21. The lowest BCUT2D eigenvalue weighted by Gasteiger charge is -2.36. The van der Waals surface area contributed by atoms with E-state index in [2.05, 4.69) is 35.2 Å². The van der Waals surface area contributed by atoms with Crippen molar-refractivity contribution in [1.29, 1.82) is 0 Å². The van der Waals surface area contributed by atoms with Crippen molar-refractivity contribution >= 4 is 27.5 Å². The molecule has 0 amide bonds. The number of para-hydroxylation sites is 1. The van der Waals surface area contributed by atoms with Crippen molar-refractivity contribution in [2.24, 2.45) is 0 Å². The third-order valence-corrected chi connectivity index (χ3v) is 6.90. The Labute approximate surface area is 189 Å². The molecule has 1 atom stereocenters. The first kappa shape index (κ1) is 20.8. The van der Waals surface area contributed by atoms with Gasteiger partial charge in [-0.2, -0.15) is 0 Å². The van der Waals surface area contributed by atoms with Gasteiger partial charge in [0.25, 0.3) is 0 Å². The van der Waals surface area contributed by atoms with E-state index in [1.165, 1.54) is 37.8 Å². The predicted octanol–water partition coefficient (Wildman–Crippen LogP) is 5.70. The fourth-order valence-electron chi connectivity index (χ4n) is 5.18. The van der Waals surface area contributed by atoms with Crippen LogP contribution in [0.3, 0.4) is 0 Å². The summed E-state index contributed by atoms with van der Waals surface area (Å²) in [4.78, 5) is 7.37. The van der Waals surface area contributed by atoms with Crippen molar-refractivity contribution in [2.45, 2.75) is 57.7 Å². The van der Waals surface area contributed by atoms with E-state index in [4.69, 9.17) is 10.7 Å². The highest BCUT2D eigenvalue weighted by Gasteiger charge is 2.22. The molecule has 32 heavy (non-hydrogen) atoms. The second-order valence-corrected chi connectivity index (χ2v) is 9.05. The average Bonchev–Trinajstić information content (AvgIpc) is 3.14. The third-order valence-electron chi connectivity index (χ3n) is 6.90. The Morgan fingerprint density at radius 3 is 2.66 bits per heavy atom. The molecule has 1 unspecified atom stereocenters. The molecule has 1 aliphatic rings. The van der Waals surface area contributed by atoms with E-state index in [0.29, 0.717) is 17.1 Å². The quantitative estimate of drug-likeness (QED) is 0.370. The predicted molar refractivity (Wildman–Crippen MR) is 132 cm³/mol. The molecule has 5 heteroatoms. The average molecular weight is 429 g/mol. The molecule has 1 fully saturated rings. The minimum atomic E-state index is 0.235. The summed E-state index contributed by atoms with van der Waals surface area (Å²) >= 11 is 0. The molecule has 166 valence electrons. The number of unbranched alkanes of at least 4 members (excludes halogenated alkanes) is 1. The van der Waals surface area contributed by atoms with Gasteiger partial charge in [0.15, 0.2) is 0 Å². The van der Waals surface area contributed by atoms with Crippen LogP contribution >= 0.6 is 0 Å². The Kier molecular flexibility index (Phi) is 5.99. The van der Waals surface area contributed by atoms with Crippen molar-refractivity contribution in [2.75, 3.05) is 12.3 Å². The molecule has 4 aromatic rings. The van der Waals surface area contributed by atoms with Gasteiger partial charge in [-0.05, 0) is 43.9 Å². The maximum absolute atomic E-state index is 10.8. The number of hydrogen-bond acceptors (Lipinski definition) is 4. The Balaban J connectivity index is 1.23. The summed E-state index contributed by atoms with van der Waals surface area (Å²) < 4.78 is 1.91. The molecule has 0 aliphatic carbocycles. The van der Waals surface area contributed by atoms with Gasteiger partial charge in [-0.25, -0.2) is 4.98 Å². The summed E-state index contributed by atoms with van der Waals surface area (Å²) in [5.74, 6) is 0.235. The van der Waals surface area contributed by atoms with Crippen LogP contribution in [0.15, 0.2) is 60.8 Å². The summed E-state index contributed by atoms with van der Waals surface area (Å²) in [7, 11) is 0. The van der Waals surface area contributed by atoms with Crippen molar-refractivity contribution < 1.29 is 5.11 Å². The third kappa shape index (κ3) is 4.17. The standard InChI is InChI=1S/C27H32N4O/c28-26-22-14-4-5-15-23(22)29-24-19-31(27(32)25(24)26)17-9-7-13-21-12-6-8-16-30(21)18-20-10-2-1-3-11-20/h1-5,10-11,14-15,19,21,32H,6-9,12-13,16-18,28H2. The Morgan fingerprint density at radius 1 is 0.969 bits per heavy atom. The summed E-state index contributed by atoms with van der Waals surface area (Å²) in [5.41, 5.74) is 10.0. The van der Waals surface area contributed by atoms with Crippen LogP contribution in [-0.4, -0.2) is 32.1 Å². The molecule has 3 N–H and O–H groups in total. The van der Waals surface area contributed by atoms with Gasteiger partial charge in [-0.15, -0.1) is 0 Å². The smallest absolute Gasteiger partial charge is 0.202 e. The molecule has 1 aliphatic heterocycles. The molecule has 0 saturated carbocycles. The zero-order valence-corrected chi connectivity index (χ0v) is 18.6. The SMILES string of the molecule is Nc1c2ccccc2nc2cn(CCCCC3CCCCN3Cc3ccccc3)c(O)c12. The molecule has 0 spiro atoms. The summed E-state index contributed by atoms with van der Waals surface area (Å²) in [5, 5.41) is 12.4. The van der Waals surface area contributed by atoms with Crippen molar-refractivity contribution in [3.05, 3.63) is 66.4 Å². The van der Waals surface area contributed by atoms with Crippen LogP contribution in [0, 0.1) is 0 Å². The summed E-state index contributed by atoms with van der Waals surface area (Å²) in [6.07, 6.45) is 9.25. The molecular formula is C27H32N4O. The van der Waals surface area contributed by atoms with Crippen LogP contribution in [0.25, 0.3) is 21.8 Å². The van der Waals surface area contributed by atoms with E-state index in [1.54, 1.807) is 0 Å². The molecule has 3 heterocycles. The lowest BCUT2D eigenvalue weighted by atomic mass is 9.96. The van der Waals surface area contributed by atoms with Gasteiger partial charge in [-0.3, -0.25) is 4.90 Å². The minimum absolute atomic E-state index is 0.235. The highest BCUT2D eigenvalue weighted by Crippen LogP contribution is 2.35. The number of likely N-dealkylation sites (tertiary alicyclic amines) is 1. The molecule has 5 rings (SSSR count). The largest absolute Gasteiger partial charge is 0.494 e. The van der Waals surface area contributed by atoms with E-state index in [9.17, 15) is 5.11 Å². The first-order valence-corrected chi connectivity index (χ1v) is 11.8. The number of piperidine rings is 1. The van der Waals surface area contributed by atoms with Crippen molar-refractivity contribution in [3.8, 4) is 5.88 Å². The van der Waals surface area contributed by atoms with Gasteiger partial charge >= 0.3 is 0 Å². The molecule has 0 radical (unpaired) electrons. The van der Waals surface area contributed by atoms with E-state index >= 15 is 0 Å². The lowest BCUT2D eigenvalue weighted by molar-refractivity contribution is 0.129. The number of fused-ring (bicyclic) bond motifs is 2. The number of nitrogens with two attached hydrogens (primary N) is 1. The van der Waals surface area contributed by atoms with Gasteiger partial charge in [0.05, 0.1) is 22.1 Å². The number of hydrogen-bond donors (Lipinski definition) is 2. The normalized spacial score (nSPS) is 17.3. The summed E-state index contributed by atoms with van der Waals surface area (Å²) in [6.45, 7) is 3.03. The lowest BCUT2D eigenvalue weighted by Crippen LogP contribution is -2.38. The van der Waals surface area contributed by atoms with Crippen molar-refractivity contribution in [3.63, 3.8) is 0 Å². The summed E-state index contributed by atoms with van der Waals surface area (Å²) in [6, 6.07) is 19.3. The number of aromatic nitrogens is 2. The van der Waals surface area contributed by atoms with Gasteiger partial charge in [-0.1, -0.05) is 61.4 Å². The van der Waals surface area contributed by atoms with Gasteiger partial charge in [0, 0.05) is 30.7 Å². The maximum atomic E-state index is 10.8. The zero-order chi connectivity index (χ0) is 21.9. The number of aromatic hydroxyl groups is 1. The van der Waals surface area contributed by atoms with Crippen molar-refractivity contribution in [1.82, 2.24) is 14.5 Å². The number of anilines is 1. The molecule has 0 bridgehead atoms. The monoisotopic (exact) mass is 428 g/mol. The number of rotatable bonds is 7. The number of nitrogen functional groups attached to an aromatic ring is 1. The van der Waals surface area contributed by atoms with Gasteiger partial charge < -0.3 is 15.4 Å². The fourth-order valence-corrected chi connectivity index (χ4v) is 5.18. The Hall–Kier alpha value is -3.05. The molecule has 2 aromatic heterocycles. The van der Waals surface area contributed by atoms with E-state index in [1.807, 2.05) is 35.0 Å². The molecule has 5 nitrogen and oxygen atoms in total. The maximum Gasteiger partial charge on any atom is 0.202 e. The van der Waals surface area contributed by atoms with Crippen LogP contribution in [0.4, 0.5) is 5.69 Å². The number of nitrogens with zero attached hydrogens (tertiary/aromatic N) is 3. The highest BCUT2D eigenvalue weighted by molar-refractivity contribution is 6.08. The number of aryl methyl sites for hydroxylation is 1. The number of pyridine rings is 1. The Morgan fingerprint density at radius 2 is 1.78 bits per heavy atom. The minimum Gasteiger partial charge on any atom is -0.494 e. The van der Waals surface area contributed by atoms with Crippen LogP contribution in [0.5, 0.6) is 5.88 Å². The topological polar surface area (TPSA) is 67.3 Å². The van der Waals surface area contributed by atoms with Gasteiger partial charge in [0.2, 0.25) is 5.88 Å². The fraction of sp³-hybridized carbons (Fsp3) is 0.370. The molecular weight excluding hydrogens is 396 g/mol. The van der Waals surface area contributed by atoms with Crippen LogP contribution in [0.2, 0.25) is 0 Å². The van der Waals surface area contributed by atoms with E-state index in [-0.39, 0.29) is 5.88 Å². The first-order chi connectivity index (χ1) is 15.7. The Bertz CT molecular complexity index is 1200. The van der Waals surface area contributed by atoms with Gasteiger partial charge in [0.1, 0.15) is 0 Å². The first-order valence-electron chi connectivity index (χ1n) is 11.8. The van der Waals surface area contributed by atoms with Crippen LogP contribution in [-0.2, 0) is 13.1 Å². The van der Waals surface area contributed by atoms with Crippen LogP contribution < -0.4 is 5.73 Å². The van der Waals surface area contributed by atoms with E-state index < -0.39 is 0 Å². The van der Waals surface area contributed by atoms with E-state index in [0.717, 1.165) is 42.4 Å². The molecule has 2 aromatic carbocycles. The van der Waals surface area contributed by atoms with Crippen LogP contribution in [0.1, 0.15) is 44.1 Å². The molecule has 1 saturated heterocycles. The zero-order valence-electron chi connectivity index (χ0n) is 18.6. The second-order valence-electron chi connectivity index (χ2n) is 9.05.